The molecule has 0 bridgehead atoms. The van der Waals surface area contributed by atoms with Crippen LogP contribution < -0.4 is 0 Å². The summed E-state index contributed by atoms with van der Waals surface area (Å²) in [5.74, 6) is 0. The first-order valence-electron chi connectivity index (χ1n) is 19.1. The summed E-state index contributed by atoms with van der Waals surface area (Å²) in [7, 11) is 0. The highest BCUT2D eigenvalue weighted by molar-refractivity contribution is 6.11. The number of aromatic nitrogens is 3. The third-order valence-corrected chi connectivity index (χ3v) is 11.1. The average molecular weight is 730 g/mol. The van der Waals surface area contributed by atoms with Crippen LogP contribution >= 0.6 is 0 Å². The third kappa shape index (κ3) is 5.71. The number of rotatable bonds is 6. The van der Waals surface area contributed by atoms with Crippen LogP contribution in [0.1, 0.15) is 7.43 Å². The average Bonchev–Trinajstić information content (AvgIpc) is 3.80. The predicted molar refractivity (Wildman–Crippen MR) is 241 cm³/mol. The normalized spacial score (nSPS) is 11.4. The number of fused-ring (bicyclic) bond motifs is 6. The van der Waals surface area contributed by atoms with Gasteiger partial charge in [-0.2, -0.15) is 0 Å². The summed E-state index contributed by atoms with van der Waals surface area (Å²) >= 11 is 0. The fourth-order valence-electron chi connectivity index (χ4n) is 8.55. The van der Waals surface area contributed by atoms with Gasteiger partial charge >= 0.3 is 0 Å². The van der Waals surface area contributed by atoms with Crippen molar-refractivity contribution in [3.05, 3.63) is 212 Å². The molecule has 0 aliphatic heterocycles. The number of nitrogens with zero attached hydrogens (tertiary/aromatic N) is 3. The standard InChI is InChI=1S/C53H35N3.CH4/c1-3-16-36(17-4-1)47-33-40(34-48(54-47)37-18-5-2-6-19-37)38-20-15-21-39(32-38)46-35-41(55-49-26-11-7-22-42(49)43-23-8-12-27-50(43)55)30-31-53(46)56-51-28-13-9-24-44(51)45-25-10-14-29-52(45)56;/h1-35H;1H4. The first-order valence-corrected chi connectivity index (χ1v) is 19.1. The Bertz CT molecular complexity index is 3080. The van der Waals surface area contributed by atoms with Crippen LogP contribution in [0.25, 0.3) is 99.8 Å². The van der Waals surface area contributed by atoms with Crippen LogP contribution in [0.4, 0.5) is 0 Å². The maximum atomic E-state index is 5.17. The number of hydrogen-bond donors (Lipinski definition) is 0. The van der Waals surface area contributed by atoms with Gasteiger partial charge in [-0.1, -0.05) is 159 Å². The van der Waals surface area contributed by atoms with Crippen LogP contribution in [0.5, 0.6) is 0 Å². The lowest BCUT2D eigenvalue weighted by Crippen LogP contribution is -2.01. The number of benzene rings is 8. The SMILES string of the molecule is C.c1ccc(-c2cc(-c3cccc(-c4cc(-n5c6ccccc6c6ccccc65)ccc4-n4c5ccccc5c5ccccc54)c3)cc(-c3ccccc3)n2)cc1. The van der Waals surface area contributed by atoms with Gasteiger partial charge in [-0.05, 0) is 77.4 Å². The predicted octanol–water partition coefficient (Wildman–Crippen LogP) is 14.6. The van der Waals surface area contributed by atoms with E-state index in [-0.39, 0.29) is 7.43 Å². The van der Waals surface area contributed by atoms with Crippen molar-refractivity contribution in [1.82, 2.24) is 14.1 Å². The largest absolute Gasteiger partial charge is 0.309 e. The van der Waals surface area contributed by atoms with Gasteiger partial charge in [0.1, 0.15) is 0 Å². The molecule has 0 fully saturated rings. The minimum absolute atomic E-state index is 0. The fraction of sp³-hybridized carbons (Fsp3) is 0.0185. The Balaban J connectivity index is 0.00000396. The van der Waals surface area contributed by atoms with Crippen molar-refractivity contribution < 1.29 is 0 Å². The second-order valence-electron chi connectivity index (χ2n) is 14.4. The van der Waals surface area contributed by atoms with Crippen LogP contribution in [0, 0.1) is 0 Å². The summed E-state index contributed by atoms with van der Waals surface area (Å²) in [5, 5.41) is 4.99. The lowest BCUT2D eigenvalue weighted by molar-refractivity contribution is 1.15. The van der Waals surface area contributed by atoms with Gasteiger partial charge in [0, 0.05) is 43.9 Å². The number of para-hydroxylation sites is 4. The Morgan fingerprint density at radius 2 is 0.719 bits per heavy atom. The Morgan fingerprint density at radius 1 is 0.298 bits per heavy atom. The molecule has 3 heteroatoms. The molecule has 3 nitrogen and oxygen atoms in total. The van der Waals surface area contributed by atoms with Crippen molar-refractivity contribution >= 4 is 43.6 Å². The molecule has 0 aliphatic carbocycles. The molecule has 3 aromatic heterocycles. The number of pyridine rings is 1. The van der Waals surface area contributed by atoms with E-state index >= 15 is 0 Å². The molecule has 0 unspecified atom stereocenters. The summed E-state index contributed by atoms with van der Waals surface area (Å²) in [5.41, 5.74) is 15.6. The van der Waals surface area contributed by atoms with Crippen molar-refractivity contribution in [3.63, 3.8) is 0 Å². The monoisotopic (exact) mass is 729 g/mol. The van der Waals surface area contributed by atoms with Gasteiger partial charge in [0.2, 0.25) is 0 Å². The smallest absolute Gasteiger partial charge is 0.0715 e. The molecule has 8 aromatic carbocycles. The van der Waals surface area contributed by atoms with E-state index in [1.165, 1.54) is 43.6 Å². The molecule has 0 spiro atoms. The van der Waals surface area contributed by atoms with Gasteiger partial charge < -0.3 is 9.13 Å². The van der Waals surface area contributed by atoms with Gasteiger partial charge in [0.15, 0.2) is 0 Å². The topological polar surface area (TPSA) is 22.8 Å². The van der Waals surface area contributed by atoms with Crippen molar-refractivity contribution in [1.29, 1.82) is 0 Å². The molecule has 270 valence electrons. The van der Waals surface area contributed by atoms with Crippen LogP contribution in [-0.4, -0.2) is 14.1 Å². The number of hydrogen-bond acceptors (Lipinski definition) is 1. The minimum atomic E-state index is 0. The molecule has 0 aliphatic rings. The molecule has 0 radical (unpaired) electrons. The van der Waals surface area contributed by atoms with Crippen molar-refractivity contribution in [2.24, 2.45) is 0 Å². The van der Waals surface area contributed by atoms with Gasteiger partial charge in [-0.15, -0.1) is 0 Å². The zero-order valence-electron chi connectivity index (χ0n) is 30.5. The van der Waals surface area contributed by atoms with Crippen LogP contribution in [0.3, 0.4) is 0 Å². The molecule has 11 rings (SSSR count). The molecule has 0 amide bonds. The van der Waals surface area contributed by atoms with E-state index in [0.29, 0.717) is 0 Å². The van der Waals surface area contributed by atoms with E-state index < -0.39 is 0 Å². The summed E-state index contributed by atoms with van der Waals surface area (Å²) in [6, 6.07) is 76.4. The van der Waals surface area contributed by atoms with E-state index in [9.17, 15) is 0 Å². The molecular weight excluding hydrogens is 691 g/mol. The van der Waals surface area contributed by atoms with E-state index in [2.05, 4.69) is 221 Å². The molecule has 11 aromatic rings. The lowest BCUT2D eigenvalue weighted by Gasteiger charge is -2.18. The van der Waals surface area contributed by atoms with Gasteiger partial charge in [0.05, 0.1) is 39.1 Å². The summed E-state index contributed by atoms with van der Waals surface area (Å²) in [4.78, 5) is 5.17. The molecule has 3 heterocycles. The molecular formula is C54H39N3. The molecule has 0 saturated carbocycles. The van der Waals surface area contributed by atoms with Gasteiger partial charge in [0.25, 0.3) is 0 Å². The van der Waals surface area contributed by atoms with Crippen LogP contribution in [0.2, 0.25) is 0 Å². The maximum absolute atomic E-state index is 5.17. The molecule has 57 heavy (non-hydrogen) atoms. The van der Waals surface area contributed by atoms with E-state index in [1.807, 2.05) is 0 Å². The second kappa shape index (κ2) is 14.0. The quantitative estimate of drug-likeness (QED) is 0.167. The van der Waals surface area contributed by atoms with Crippen LogP contribution in [-0.2, 0) is 0 Å². The lowest BCUT2D eigenvalue weighted by atomic mass is 9.95. The van der Waals surface area contributed by atoms with E-state index in [1.54, 1.807) is 0 Å². The molecule has 0 saturated heterocycles. The van der Waals surface area contributed by atoms with Crippen molar-refractivity contribution in [2.45, 2.75) is 7.43 Å². The Hall–Kier alpha value is -7.49. The Morgan fingerprint density at radius 3 is 1.23 bits per heavy atom. The van der Waals surface area contributed by atoms with Crippen molar-refractivity contribution in [3.8, 4) is 56.1 Å². The zero-order chi connectivity index (χ0) is 37.0. The highest BCUT2D eigenvalue weighted by Gasteiger charge is 2.19. The summed E-state index contributed by atoms with van der Waals surface area (Å²) < 4.78 is 4.85. The van der Waals surface area contributed by atoms with E-state index in [0.717, 1.165) is 56.1 Å². The minimum Gasteiger partial charge on any atom is -0.309 e. The first-order chi connectivity index (χ1) is 27.8. The van der Waals surface area contributed by atoms with Gasteiger partial charge in [-0.25, -0.2) is 4.98 Å². The summed E-state index contributed by atoms with van der Waals surface area (Å²) in [6.07, 6.45) is 0. The Kier molecular flexibility index (Phi) is 8.35. The van der Waals surface area contributed by atoms with Gasteiger partial charge in [-0.3, -0.25) is 0 Å². The van der Waals surface area contributed by atoms with Crippen molar-refractivity contribution in [2.75, 3.05) is 0 Å². The fourth-order valence-corrected chi connectivity index (χ4v) is 8.55. The summed E-state index contributed by atoms with van der Waals surface area (Å²) in [6.45, 7) is 0. The first kappa shape index (κ1) is 34.0. The molecule has 0 N–H and O–H groups in total. The zero-order valence-corrected chi connectivity index (χ0v) is 30.5. The highest BCUT2D eigenvalue weighted by Crippen LogP contribution is 2.40. The Labute approximate surface area is 332 Å². The highest BCUT2D eigenvalue weighted by atomic mass is 15.0. The second-order valence-corrected chi connectivity index (χ2v) is 14.4. The molecule has 0 atom stereocenters. The van der Waals surface area contributed by atoms with E-state index in [4.69, 9.17) is 4.98 Å². The maximum Gasteiger partial charge on any atom is 0.0715 e. The van der Waals surface area contributed by atoms with Crippen LogP contribution in [0.15, 0.2) is 212 Å². The third-order valence-electron chi connectivity index (χ3n) is 11.1.